The van der Waals surface area contributed by atoms with Crippen molar-refractivity contribution in [3.05, 3.63) is 27.4 Å². The highest BCUT2D eigenvalue weighted by atomic mass is 19.4. The van der Waals surface area contributed by atoms with Gasteiger partial charge in [-0.2, -0.15) is 13.2 Å². The Balaban J connectivity index is 2.15. The topological polar surface area (TPSA) is 57.8 Å². The fourth-order valence-corrected chi connectivity index (χ4v) is 2.62. The summed E-state index contributed by atoms with van der Waals surface area (Å²) in [7, 11) is 0. The zero-order valence-corrected chi connectivity index (χ0v) is 8.77. The van der Waals surface area contributed by atoms with E-state index >= 15 is 0 Å². The Morgan fingerprint density at radius 3 is 2.76 bits per heavy atom. The van der Waals surface area contributed by atoms with Gasteiger partial charge in [0, 0.05) is 18.5 Å². The van der Waals surface area contributed by atoms with Crippen molar-refractivity contribution in [2.75, 3.05) is 0 Å². The third-order valence-corrected chi connectivity index (χ3v) is 3.33. The van der Waals surface area contributed by atoms with Gasteiger partial charge in [-0.1, -0.05) is 0 Å². The second-order valence-corrected chi connectivity index (χ2v) is 4.47. The Labute approximate surface area is 94.3 Å². The van der Waals surface area contributed by atoms with Crippen molar-refractivity contribution in [2.45, 2.75) is 37.5 Å². The molecule has 0 spiro atoms. The number of hydrogen-bond acceptors (Lipinski definition) is 3. The molecule has 17 heavy (non-hydrogen) atoms. The molecule has 1 fully saturated rings. The summed E-state index contributed by atoms with van der Waals surface area (Å²) in [5.74, 6) is -1.19. The molecular weight excluding hydrogens is 235 g/mol. The lowest BCUT2D eigenvalue weighted by Gasteiger charge is -2.23. The monoisotopic (exact) mass is 245 g/mol. The van der Waals surface area contributed by atoms with Crippen molar-refractivity contribution < 1.29 is 13.2 Å². The molecule has 0 amide bonds. The first-order valence-electron chi connectivity index (χ1n) is 5.41. The van der Waals surface area contributed by atoms with E-state index < -0.39 is 17.6 Å². The molecule has 4 nitrogen and oxygen atoms in total. The van der Waals surface area contributed by atoms with Crippen molar-refractivity contribution in [3.8, 4) is 0 Å². The van der Waals surface area contributed by atoms with Gasteiger partial charge in [-0.25, -0.2) is 4.98 Å². The second-order valence-electron chi connectivity index (χ2n) is 4.47. The van der Waals surface area contributed by atoms with Crippen LogP contribution < -0.4 is 10.9 Å². The molecule has 2 aliphatic heterocycles. The number of halogens is 3. The zero-order chi connectivity index (χ0) is 12.2. The van der Waals surface area contributed by atoms with E-state index in [1.807, 2.05) is 4.98 Å². The highest BCUT2D eigenvalue weighted by Crippen LogP contribution is 2.34. The molecule has 0 aliphatic carbocycles. The number of fused-ring (bicyclic) bond motifs is 4. The van der Waals surface area contributed by atoms with E-state index in [0.717, 1.165) is 12.8 Å². The molecule has 0 saturated carbocycles. The number of alkyl halides is 3. The molecule has 0 aromatic carbocycles. The normalized spacial score (nSPS) is 27.0. The van der Waals surface area contributed by atoms with Crippen LogP contribution in [0.1, 0.15) is 36.0 Å². The number of rotatable bonds is 0. The lowest BCUT2D eigenvalue weighted by molar-refractivity contribution is -0.145. The molecule has 1 saturated heterocycles. The lowest BCUT2D eigenvalue weighted by Crippen LogP contribution is -2.38. The van der Waals surface area contributed by atoms with Crippen LogP contribution in [0.2, 0.25) is 0 Å². The molecular formula is C10H10F3N3O. The molecule has 2 aliphatic rings. The fraction of sp³-hybridized carbons (Fsp3) is 0.600. The molecule has 1 aromatic heterocycles. The second kappa shape index (κ2) is 3.32. The number of H-pyrrole nitrogens is 1. The smallest absolute Gasteiger partial charge is 0.307 e. The van der Waals surface area contributed by atoms with Crippen molar-refractivity contribution in [2.24, 2.45) is 0 Å². The zero-order valence-electron chi connectivity index (χ0n) is 8.77. The minimum atomic E-state index is -4.60. The van der Waals surface area contributed by atoms with Crippen LogP contribution in [0.4, 0.5) is 13.2 Å². The van der Waals surface area contributed by atoms with Crippen molar-refractivity contribution in [1.82, 2.24) is 15.3 Å². The summed E-state index contributed by atoms with van der Waals surface area (Å²) in [5, 5.41) is 3.20. The van der Waals surface area contributed by atoms with Gasteiger partial charge >= 0.3 is 6.18 Å². The van der Waals surface area contributed by atoms with Gasteiger partial charge in [0.15, 0.2) is 0 Å². The predicted octanol–water partition coefficient (Wildman–Crippen LogP) is 1.14. The van der Waals surface area contributed by atoms with Crippen molar-refractivity contribution in [1.29, 1.82) is 0 Å². The Hall–Kier alpha value is -1.37. The van der Waals surface area contributed by atoms with Crippen LogP contribution in [-0.4, -0.2) is 16.0 Å². The van der Waals surface area contributed by atoms with Gasteiger partial charge in [0.05, 0.1) is 11.3 Å². The first-order valence-corrected chi connectivity index (χ1v) is 5.41. The largest absolute Gasteiger partial charge is 0.449 e. The highest BCUT2D eigenvalue weighted by Gasteiger charge is 2.39. The summed E-state index contributed by atoms with van der Waals surface area (Å²) in [6.45, 7) is 0. The molecule has 3 rings (SSSR count). The van der Waals surface area contributed by atoms with Crippen LogP contribution in [0.3, 0.4) is 0 Å². The van der Waals surface area contributed by atoms with Crippen molar-refractivity contribution in [3.63, 3.8) is 0 Å². The maximum absolute atomic E-state index is 12.5. The molecule has 7 heteroatoms. The quantitative estimate of drug-likeness (QED) is 0.720. The third-order valence-electron chi connectivity index (χ3n) is 3.33. The van der Waals surface area contributed by atoms with Gasteiger partial charge in [-0.15, -0.1) is 0 Å². The van der Waals surface area contributed by atoms with Crippen molar-refractivity contribution >= 4 is 0 Å². The first kappa shape index (κ1) is 10.8. The fourth-order valence-electron chi connectivity index (χ4n) is 2.62. The Bertz CT molecular complexity index is 523. The van der Waals surface area contributed by atoms with Crippen LogP contribution in [0.15, 0.2) is 4.79 Å². The van der Waals surface area contributed by atoms with E-state index in [1.54, 1.807) is 0 Å². The number of aromatic nitrogens is 2. The van der Waals surface area contributed by atoms with Gasteiger partial charge in [0.25, 0.3) is 5.56 Å². The Kier molecular flexibility index (Phi) is 2.10. The number of nitrogens with one attached hydrogen (secondary N) is 2. The maximum atomic E-state index is 12.5. The summed E-state index contributed by atoms with van der Waals surface area (Å²) in [4.78, 5) is 17.1. The Morgan fingerprint density at radius 1 is 1.29 bits per heavy atom. The van der Waals surface area contributed by atoms with Crippen LogP contribution in [0.25, 0.3) is 0 Å². The molecule has 2 bridgehead atoms. The number of aromatic amines is 1. The van der Waals surface area contributed by atoms with Crippen LogP contribution in [-0.2, 0) is 12.6 Å². The predicted molar refractivity (Wildman–Crippen MR) is 52.5 cm³/mol. The molecule has 2 unspecified atom stereocenters. The molecule has 92 valence electrons. The van der Waals surface area contributed by atoms with Crippen LogP contribution in [0, 0.1) is 0 Å². The first-order chi connectivity index (χ1) is 7.95. The van der Waals surface area contributed by atoms with E-state index in [4.69, 9.17) is 0 Å². The summed E-state index contributed by atoms with van der Waals surface area (Å²) < 4.78 is 37.5. The minimum absolute atomic E-state index is 0.137. The van der Waals surface area contributed by atoms with Gasteiger partial charge in [-0.05, 0) is 12.8 Å². The summed E-state index contributed by atoms with van der Waals surface area (Å²) in [6.07, 6.45) is -2.54. The van der Waals surface area contributed by atoms with E-state index in [1.165, 1.54) is 0 Å². The molecule has 2 N–H and O–H groups in total. The summed E-state index contributed by atoms with van der Waals surface area (Å²) >= 11 is 0. The van der Waals surface area contributed by atoms with E-state index in [2.05, 4.69) is 10.3 Å². The van der Waals surface area contributed by atoms with Gasteiger partial charge in [0.2, 0.25) is 5.82 Å². The molecule has 3 heterocycles. The highest BCUT2D eigenvalue weighted by molar-refractivity contribution is 5.28. The lowest BCUT2D eigenvalue weighted by atomic mass is 10.0. The molecule has 1 aromatic rings. The summed E-state index contributed by atoms with van der Waals surface area (Å²) in [6, 6.07) is 0.0187. The average Bonchev–Trinajstić information content (AvgIpc) is 2.58. The van der Waals surface area contributed by atoms with E-state index in [0.29, 0.717) is 17.7 Å². The summed E-state index contributed by atoms with van der Waals surface area (Å²) in [5.41, 5.74) is 0.0132. The van der Waals surface area contributed by atoms with Gasteiger partial charge in [0.1, 0.15) is 0 Å². The average molecular weight is 245 g/mol. The number of hydrogen-bond donors (Lipinski definition) is 2. The van der Waals surface area contributed by atoms with E-state index in [-0.39, 0.29) is 12.1 Å². The van der Waals surface area contributed by atoms with Gasteiger partial charge in [-0.3, -0.25) is 4.79 Å². The SMILES string of the molecule is O=c1[nH]c(C(F)(F)F)nc2c1C1CCC(C2)N1. The third kappa shape index (κ3) is 1.65. The van der Waals surface area contributed by atoms with Crippen LogP contribution in [0.5, 0.6) is 0 Å². The molecule has 2 atom stereocenters. The van der Waals surface area contributed by atoms with Crippen LogP contribution >= 0.6 is 0 Å². The number of nitrogens with zero attached hydrogens (tertiary/aromatic N) is 1. The Morgan fingerprint density at radius 2 is 2.06 bits per heavy atom. The maximum Gasteiger partial charge on any atom is 0.449 e. The van der Waals surface area contributed by atoms with E-state index in [9.17, 15) is 18.0 Å². The van der Waals surface area contributed by atoms with Gasteiger partial charge < -0.3 is 10.3 Å². The standard InChI is InChI=1S/C10H10F3N3O/c11-10(12,13)9-15-6-3-4-1-2-5(14-4)7(6)8(17)16-9/h4-5,14H,1-3H2,(H,15,16,17). The minimum Gasteiger partial charge on any atom is -0.307 e. The molecule has 0 radical (unpaired) electrons.